The fraction of sp³-hybridized carbons (Fsp3) is 0.143. The topological polar surface area (TPSA) is 38.0 Å². The number of benzene rings is 2. The van der Waals surface area contributed by atoms with E-state index in [2.05, 4.69) is 5.32 Å². The van der Waals surface area contributed by atoms with Gasteiger partial charge in [-0.3, -0.25) is 0 Å². The second-order valence-corrected chi connectivity index (χ2v) is 4.68. The Labute approximate surface area is 119 Å². The van der Waals surface area contributed by atoms with Crippen LogP contribution < -0.4 is 11.1 Å². The molecule has 0 saturated heterocycles. The Bertz CT molecular complexity index is 596. The molecule has 0 amide bonds. The van der Waals surface area contributed by atoms with E-state index in [4.69, 9.17) is 17.3 Å². The molecule has 0 heterocycles. The Hall–Kier alpha value is -1.72. The highest BCUT2D eigenvalue weighted by Crippen LogP contribution is 2.24. The van der Waals surface area contributed by atoms with Crippen LogP contribution in [0.15, 0.2) is 36.4 Å². The quantitative estimate of drug-likeness (QED) is 0.841. The molecule has 0 fully saturated rings. The second kappa shape index (κ2) is 6.15. The van der Waals surface area contributed by atoms with Crippen LogP contribution in [-0.2, 0) is 0 Å². The Kier molecular flexibility index (Phi) is 4.52. The lowest BCUT2D eigenvalue weighted by molar-refractivity contribution is 0.444. The molecule has 2 nitrogen and oxygen atoms in total. The minimum Gasteiger partial charge on any atom is -0.377 e. The van der Waals surface area contributed by atoms with E-state index in [1.54, 1.807) is 24.3 Å². The molecule has 0 bridgehead atoms. The zero-order valence-corrected chi connectivity index (χ0v) is 11.1. The molecule has 2 aromatic rings. The molecule has 20 heavy (non-hydrogen) atoms. The van der Waals surface area contributed by atoms with Crippen molar-refractivity contribution in [3.8, 4) is 0 Å². The van der Waals surface area contributed by atoms with E-state index in [1.807, 2.05) is 0 Å². The molecule has 0 radical (unpaired) electrons. The van der Waals surface area contributed by atoms with Crippen LogP contribution >= 0.6 is 11.6 Å². The maximum absolute atomic E-state index is 13.2. The van der Waals surface area contributed by atoms with Gasteiger partial charge in [-0.05, 0) is 35.9 Å². The van der Waals surface area contributed by atoms with Crippen molar-refractivity contribution in [2.45, 2.75) is 6.04 Å². The Balaban J connectivity index is 2.29. The molecule has 2 rings (SSSR count). The fourth-order valence-electron chi connectivity index (χ4n) is 1.83. The van der Waals surface area contributed by atoms with Gasteiger partial charge in [-0.1, -0.05) is 17.7 Å². The molecule has 0 aliphatic carbocycles. The van der Waals surface area contributed by atoms with Crippen molar-refractivity contribution in [3.05, 3.63) is 64.4 Å². The van der Waals surface area contributed by atoms with Crippen LogP contribution in [0.5, 0.6) is 0 Å². The first-order valence-electron chi connectivity index (χ1n) is 5.88. The molecule has 0 aromatic heterocycles. The van der Waals surface area contributed by atoms with Gasteiger partial charge >= 0.3 is 0 Å². The third-order valence-electron chi connectivity index (χ3n) is 2.81. The van der Waals surface area contributed by atoms with Crippen LogP contribution in [0.1, 0.15) is 11.6 Å². The molecule has 3 N–H and O–H groups in total. The van der Waals surface area contributed by atoms with Crippen LogP contribution in [0.3, 0.4) is 0 Å². The first kappa shape index (κ1) is 14.7. The van der Waals surface area contributed by atoms with Gasteiger partial charge in [0.1, 0.15) is 0 Å². The predicted molar refractivity (Wildman–Crippen MR) is 73.2 cm³/mol. The Morgan fingerprint density at radius 3 is 2.30 bits per heavy atom. The summed E-state index contributed by atoms with van der Waals surface area (Å²) >= 11 is 5.85. The van der Waals surface area contributed by atoms with Crippen LogP contribution in [0.25, 0.3) is 0 Å². The minimum absolute atomic E-state index is 0.0804. The average molecular weight is 301 g/mol. The van der Waals surface area contributed by atoms with Gasteiger partial charge in [0.15, 0.2) is 17.5 Å². The van der Waals surface area contributed by atoms with E-state index in [0.717, 1.165) is 12.1 Å². The summed E-state index contributed by atoms with van der Waals surface area (Å²) in [4.78, 5) is 0. The van der Waals surface area contributed by atoms with Gasteiger partial charge in [0, 0.05) is 17.3 Å². The first-order valence-corrected chi connectivity index (χ1v) is 6.25. The SMILES string of the molecule is NCC(Nc1cccc(Cl)c1)c1cc(F)c(F)c(F)c1. The summed E-state index contributed by atoms with van der Waals surface area (Å²) < 4.78 is 39.4. The lowest BCUT2D eigenvalue weighted by Crippen LogP contribution is -2.21. The van der Waals surface area contributed by atoms with Crippen LogP contribution in [-0.4, -0.2) is 6.54 Å². The third-order valence-corrected chi connectivity index (χ3v) is 3.04. The number of hydrogen-bond acceptors (Lipinski definition) is 2. The van der Waals surface area contributed by atoms with Gasteiger partial charge in [0.05, 0.1) is 6.04 Å². The highest BCUT2D eigenvalue weighted by molar-refractivity contribution is 6.30. The van der Waals surface area contributed by atoms with Gasteiger partial charge in [0.25, 0.3) is 0 Å². The van der Waals surface area contributed by atoms with Crippen LogP contribution in [0, 0.1) is 17.5 Å². The van der Waals surface area contributed by atoms with Gasteiger partial charge in [-0.2, -0.15) is 0 Å². The Morgan fingerprint density at radius 2 is 1.75 bits per heavy atom. The van der Waals surface area contributed by atoms with Gasteiger partial charge in [-0.15, -0.1) is 0 Å². The van der Waals surface area contributed by atoms with Crippen molar-refractivity contribution >= 4 is 17.3 Å². The second-order valence-electron chi connectivity index (χ2n) is 4.24. The first-order chi connectivity index (χ1) is 9.51. The largest absolute Gasteiger partial charge is 0.377 e. The third kappa shape index (κ3) is 3.23. The van der Waals surface area contributed by atoms with Crippen LogP contribution in [0.2, 0.25) is 5.02 Å². The molecule has 1 atom stereocenters. The van der Waals surface area contributed by atoms with E-state index in [-0.39, 0.29) is 12.1 Å². The molecule has 0 aliphatic heterocycles. The minimum atomic E-state index is -1.49. The van der Waals surface area contributed by atoms with E-state index in [9.17, 15) is 13.2 Å². The zero-order valence-electron chi connectivity index (χ0n) is 10.3. The molecule has 1 unspecified atom stereocenters. The Morgan fingerprint density at radius 1 is 1.10 bits per heavy atom. The summed E-state index contributed by atoms with van der Waals surface area (Å²) in [6.45, 7) is 0.0804. The number of hydrogen-bond donors (Lipinski definition) is 2. The molecule has 0 spiro atoms. The molecule has 6 heteroatoms. The van der Waals surface area contributed by atoms with E-state index >= 15 is 0 Å². The van der Waals surface area contributed by atoms with E-state index in [0.29, 0.717) is 10.7 Å². The zero-order chi connectivity index (χ0) is 14.7. The standard InChI is InChI=1S/C14H12ClF3N2/c15-9-2-1-3-10(6-9)20-13(7-19)8-4-11(16)14(18)12(17)5-8/h1-6,13,20H,7,19H2. The predicted octanol–water partition coefficient (Wildman–Crippen LogP) is 3.87. The number of rotatable bonds is 4. The molecule has 0 saturated carbocycles. The normalized spacial score (nSPS) is 12.2. The lowest BCUT2D eigenvalue weighted by Gasteiger charge is -2.19. The monoisotopic (exact) mass is 300 g/mol. The number of anilines is 1. The highest BCUT2D eigenvalue weighted by Gasteiger charge is 2.16. The number of halogens is 4. The highest BCUT2D eigenvalue weighted by atomic mass is 35.5. The molecule has 0 aliphatic rings. The smallest absolute Gasteiger partial charge is 0.194 e. The van der Waals surface area contributed by atoms with Crippen molar-refractivity contribution in [2.24, 2.45) is 5.73 Å². The van der Waals surface area contributed by atoms with Crippen molar-refractivity contribution in [2.75, 3.05) is 11.9 Å². The van der Waals surface area contributed by atoms with Gasteiger partial charge < -0.3 is 11.1 Å². The van der Waals surface area contributed by atoms with Crippen molar-refractivity contribution < 1.29 is 13.2 Å². The van der Waals surface area contributed by atoms with Crippen LogP contribution in [0.4, 0.5) is 18.9 Å². The summed E-state index contributed by atoms with van der Waals surface area (Å²) in [5, 5.41) is 3.51. The van der Waals surface area contributed by atoms with Crippen molar-refractivity contribution in [1.82, 2.24) is 0 Å². The number of nitrogens with one attached hydrogen (secondary N) is 1. The summed E-state index contributed by atoms with van der Waals surface area (Å²) in [6.07, 6.45) is 0. The van der Waals surface area contributed by atoms with Crippen molar-refractivity contribution in [3.63, 3.8) is 0 Å². The van der Waals surface area contributed by atoms with Gasteiger partial charge in [0.2, 0.25) is 0 Å². The number of nitrogens with two attached hydrogens (primary N) is 1. The molecule has 2 aromatic carbocycles. The summed E-state index contributed by atoms with van der Waals surface area (Å²) in [5.74, 6) is -3.98. The summed E-state index contributed by atoms with van der Waals surface area (Å²) in [7, 11) is 0. The van der Waals surface area contributed by atoms with E-state index < -0.39 is 23.5 Å². The summed E-state index contributed by atoms with van der Waals surface area (Å²) in [6, 6.07) is 8.11. The maximum Gasteiger partial charge on any atom is 0.194 e. The lowest BCUT2D eigenvalue weighted by atomic mass is 10.1. The van der Waals surface area contributed by atoms with Gasteiger partial charge in [-0.25, -0.2) is 13.2 Å². The van der Waals surface area contributed by atoms with Crippen molar-refractivity contribution in [1.29, 1.82) is 0 Å². The average Bonchev–Trinajstić information content (AvgIpc) is 2.41. The molecular weight excluding hydrogens is 289 g/mol. The maximum atomic E-state index is 13.2. The summed E-state index contributed by atoms with van der Waals surface area (Å²) in [5.41, 5.74) is 6.47. The molecular formula is C14H12ClF3N2. The molecule has 106 valence electrons. The van der Waals surface area contributed by atoms with E-state index in [1.165, 1.54) is 0 Å². The fourth-order valence-corrected chi connectivity index (χ4v) is 2.02.